The summed E-state index contributed by atoms with van der Waals surface area (Å²) in [5, 5.41) is 16.5. The first-order valence-corrected chi connectivity index (χ1v) is 10.2. The quantitative estimate of drug-likeness (QED) is 0.585. The number of amides is 2. The zero-order chi connectivity index (χ0) is 20.0. The number of carbonyl (C=O) groups excluding carboxylic acids is 2. The van der Waals surface area contributed by atoms with Crippen LogP contribution in [0.15, 0.2) is 41.2 Å². The molecule has 3 rings (SSSR count). The van der Waals surface area contributed by atoms with Gasteiger partial charge in [-0.2, -0.15) is 0 Å². The summed E-state index contributed by atoms with van der Waals surface area (Å²) < 4.78 is 0. The standard InChI is InChI=1S/C20H23N3O4S/c24-17(21-12-20(19(26)27)7-4-8-20)18(25)23-15(10-16-11-28-13-22-16)9-14-5-2-1-3-6-14/h1-3,5-6,11,13,15H,4,7-10,12H2,(H,21,24)(H,23,25)(H,26,27). The van der Waals surface area contributed by atoms with Gasteiger partial charge in [-0.15, -0.1) is 11.3 Å². The topological polar surface area (TPSA) is 108 Å². The Balaban J connectivity index is 1.59. The van der Waals surface area contributed by atoms with Gasteiger partial charge in [0.2, 0.25) is 0 Å². The van der Waals surface area contributed by atoms with Crippen LogP contribution in [0.1, 0.15) is 30.5 Å². The highest BCUT2D eigenvalue weighted by molar-refractivity contribution is 7.07. The van der Waals surface area contributed by atoms with Gasteiger partial charge in [0.25, 0.3) is 0 Å². The van der Waals surface area contributed by atoms with Crippen molar-refractivity contribution in [1.29, 1.82) is 0 Å². The monoisotopic (exact) mass is 401 g/mol. The van der Waals surface area contributed by atoms with Gasteiger partial charge in [0.15, 0.2) is 0 Å². The number of aliphatic carboxylic acids is 1. The van der Waals surface area contributed by atoms with Crippen LogP contribution in [0.3, 0.4) is 0 Å². The Morgan fingerprint density at radius 3 is 2.46 bits per heavy atom. The molecule has 0 saturated heterocycles. The average Bonchev–Trinajstić information content (AvgIpc) is 3.14. The highest BCUT2D eigenvalue weighted by Crippen LogP contribution is 2.40. The number of hydrogen-bond acceptors (Lipinski definition) is 5. The molecular weight excluding hydrogens is 378 g/mol. The van der Waals surface area contributed by atoms with E-state index in [4.69, 9.17) is 0 Å². The fraction of sp³-hybridized carbons (Fsp3) is 0.400. The van der Waals surface area contributed by atoms with E-state index in [1.807, 2.05) is 35.7 Å². The van der Waals surface area contributed by atoms with Crippen LogP contribution in [0.4, 0.5) is 0 Å². The third-order valence-electron chi connectivity index (χ3n) is 5.16. The molecular formula is C20H23N3O4S. The summed E-state index contributed by atoms with van der Waals surface area (Å²) in [6.07, 6.45) is 2.93. The predicted molar refractivity (Wildman–Crippen MR) is 105 cm³/mol. The van der Waals surface area contributed by atoms with Gasteiger partial charge in [0.1, 0.15) is 0 Å². The minimum atomic E-state index is -0.931. The van der Waals surface area contributed by atoms with Crippen molar-refractivity contribution in [1.82, 2.24) is 15.6 Å². The Morgan fingerprint density at radius 1 is 1.14 bits per heavy atom. The van der Waals surface area contributed by atoms with Gasteiger partial charge < -0.3 is 15.7 Å². The van der Waals surface area contributed by atoms with Crippen LogP contribution in [-0.2, 0) is 27.2 Å². The lowest BCUT2D eigenvalue weighted by Gasteiger charge is -2.37. The van der Waals surface area contributed by atoms with Crippen molar-refractivity contribution >= 4 is 29.1 Å². The van der Waals surface area contributed by atoms with Crippen molar-refractivity contribution in [3.63, 3.8) is 0 Å². The van der Waals surface area contributed by atoms with E-state index in [-0.39, 0.29) is 12.6 Å². The van der Waals surface area contributed by atoms with Crippen LogP contribution in [0.25, 0.3) is 0 Å². The molecule has 1 unspecified atom stereocenters. The number of nitrogens with zero attached hydrogens (tertiary/aromatic N) is 1. The molecule has 1 aromatic heterocycles. The predicted octanol–water partition coefficient (Wildman–Crippen LogP) is 1.78. The summed E-state index contributed by atoms with van der Waals surface area (Å²) in [5.74, 6) is -2.48. The van der Waals surface area contributed by atoms with E-state index >= 15 is 0 Å². The molecule has 3 N–H and O–H groups in total. The number of benzene rings is 1. The van der Waals surface area contributed by atoms with Gasteiger partial charge >= 0.3 is 17.8 Å². The van der Waals surface area contributed by atoms with Gasteiger partial charge in [0.05, 0.1) is 16.6 Å². The van der Waals surface area contributed by atoms with E-state index in [1.165, 1.54) is 11.3 Å². The number of carboxylic acid groups (broad SMARTS) is 1. The fourth-order valence-corrected chi connectivity index (χ4v) is 3.89. The van der Waals surface area contributed by atoms with E-state index in [9.17, 15) is 19.5 Å². The largest absolute Gasteiger partial charge is 0.481 e. The SMILES string of the molecule is O=C(NCC1(C(=O)O)CCC1)C(=O)NC(Cc1ccccc1)Cc1cscn1. The smallest absolute Gasteiger partial charge is 0.311 e. The Labute approximate surface area is 167 Å². The molecule has 1 fully saturated rings. The summed E-state index contributed by atoms with van der Waals surface area (Å²) in [4.78, 5) is 40.2. The molecule has 148 valence electrons. The first-order valence-electron chi connectivity index (χ1n) is 9.22. The summed E-state index contributed by atoms with van der Waals surface area (Å²) in [6.45, 7) is -0.0238. The van der Waals surface area contributed by atoms with E-state index < -0.39 is 23.2 Å². The molecule has 1 aliphatic rings. The number of rotatable bonds is 8. The highest BCUT2D eigenvalue weighted by Gasteiger charge is 2.44. The number of thiazole rings is 1. The molecule has 1 aromatic carbocycles. The van der Waals surface area contributed by atoms with E-state index in [0.29, 0.717) is 25.7 Å². The summed E-state index contributed by atoms with van der Waals surface area (Å²) in [6, 6.07) is 9.41. The Morgan fingerprint density at radius 2 is 1.89 bits per heavy atom. The van der Waals surface area contributed by atoms with Crippen LogP contribution in [0.2, 0.25) is 0 Å². The number of nitrogens with one attached hydrogen (secondary N) is 2. The average molecular weight is 401 g/mol. The summed E-state index contributed by atoms with van der Waals surface area (Å²) in [7, 11) is 0. The molecule has 2 amide bonds. The van der Waals surface area contributed by atoms with Crippen LogP contribution in [0.5, 0.6) is 0 Å². The summed E-state index contributed by atoms with van der Waals surface area (Å²) >= 11 is 1.48. The van der Waals surface area contributed by atoms with Crippen molar-refractivity contribution in [2.24, 2.45) is 5.41 Å². The van der Waals surface area contributed by atoms with Gasteiger partial charge in [-0.1, -0.05) is 36.8 Å². The molecule has 0 radical (unpaired) electrons. The molecule has 0 spiro atoms. The first kappa shape index (κ1) is 20.0. The Bertz CT molecular complexity index is 819. The molecule has 28 heavy (non-hydrogen) atoms. The van der Waals surface area contributed by atoms with E-state index in [0.717, 1.165) is 17.7 Å². The third-order valence-corrected chi connectivity index (χ3v) is 5.79. The molecule has 2 aromatic rings. The van der Waals surface area contributed by atoms with Crippen LogP contribution in [0, 0.1) is 5.41 Å². The molecule has 0 bridgehead atoms. The second kappa shape index (κ2) is 8.97. The maximum atomic E-state index is 12.4. The minimum absolute atomic E-state index is 0.0238. The third kappa shape index (κ3) is 4.95. The number of hydrogen-bond donors (Lipinski definition) is 3. The van der Waals surface area contributed by atoms with Crippen LogP contribution in [-0.4, -0.2) is 40.5 Å². The molecule has 1 atom stereocenters. The summed E-state index contributed by atoms with van der Waals surface area (Å²) in [5.41, 5.74) is 2.70. The van der Waals surface area contributed by atoms with E-state index in [1.54, 1.807) is 5.51 Å². The zero-order valence-electron chi connectivity index (χ0n) is 15.4. The fourth-order valence-electron chi connectivity index (χ4n) is 3.31. The first-order chi connectivity index (χ1) is 13.5. The van der Waals surface area contributed by atoms with Gasteiger partial charge in [0, 0.05) is 24.4 Å². The highest BCUT2D eigenvalue weighted by atomic mass is 32.1. The lowest BCUT2D eigenvalue weighted by atomic mass is 9.69. The van der Waals surface area contributed by atoms with Crippen molar-refractivity contribution in [2.45, 2.75) is 38.1 Å². The van der Waals surface area contributed by atoms with Gasteiger partial charge in [-0.3, -0.25) is 14.4 Å². The Kier molecular flexibility index (Phi) is 6.41. The van der Waals surface area contributed by atoms with Crippen molar-refractivity contribution in [3.8, 4) is 0 Å². The number of carbonyl (C=O) groups is 3. The van der Waals surface area contributed by atoms with E-state index in [2.05, 4.69) is 15.6 Å². The molecule has 1 heterocycles. The van der Waals surface area contributed by atoms with Crippen molar-refractivity contribution in [2.75, 3.05) is 6.54 Å². The second-order valence-electron chi connectivity index (χ2n) is 7.17. The lowest BCUT2D eigenvalue weighted by molar-refractivity contribution is -0.154. The van der Waals surface area contributed by atoms with Crippen molar-refractivity contribution < 1.29 is 19.5 Å². The Hall–Kier alpha value is -2.74. The minimum Gasteiger partial charge on any atom is -0.481 e. The van der Waals surface area contributed by atoms with Crippen molar-refractivity contribution in [3.05, 3.63) is 52.5 Å². The molecule has 1 aliphatic carbocycles. The number of carboxylic acids is 1. The normalized spacial score (nSPS) is 15.9. The van der Waals surface area contributed by atoms with Gasteiger partial charge in [-0.25, -0.2) is 4.98 Å². The maximum absolute atomic E-state index is 12.4. The molecule has 1 saturated carbocycles. The second-order valence-corrected chi connectivity index (χ2v) is 7.88. The maximum Gasteiger partial charge on any atom is 0.311 e. The molecule has 8 heteroatoms. The molecule has 0 aliphatic heterocycles. The molecule has 7 nitrogen and oxygen atoms in total. The lowest BCUT2D eigenvalue weighted by Crippen LogP contribution is -2.52. The zero-order valence-corrected chi connectivity index (χ0v) is 16.2. The van der Waals surface area contributed by atoms with Crippen LogP contribution < -0.4 is 10.6 Å². The van der Waals surface area contributed by atoms with Gasteiger partial charge in [-0.05, 0) is 24.8 Å². The van der Waals surface area contributed by atoms with Crippen LogP contribution >= 0.6 is 11.3 Å². The number of aromatic nitrogens is 1.